The molecule has 2 saturated heterocycles. The Morgan fingerprint density at radius 3 is 2.44 bits per heavy atom. The zero-order chi connectivity index (χ0) is 35.4. The number of aryl methyl sites for hydroxylation is 1. The summed E-state index contributed by atoms with van der Waals surface area (Å²) in [6.45, 7) is 2.01. The van der Waals surface area contributed by atoms with E-state index < -0.39 is 30.3 Å². The molecule has 4 aromatic rings. The Morgan fingerprint density at radius 2 is 1.74 bits per heavy atom. The zero-order valence-electron chi connectivity index (χ0n) is 27.4. The van der Waals surface area contributed by atoms with Crippen molar-refractivity contribution in [2.75, 3.05) is 12.3 Å². The van der Waals surface area contributed by atoms with Crippen molar-refractivity contribution in [2.24, 2.45) is 13.0 Å². The van der Waals surface area contributed by atoms with E-state index in [0.717, 1.165) is 33.4 Å². The SMILES string of the molecule is C[C@H]1[C@@H](CSc2nnnn2C)O[C@@H](c2cccc(-c3cccc(CNC(=O)[C@@H]4CCCN4C(=O)C(F)(F)F)c3)c2)O[C@H]1c1ccc(CO)cc1. The quantitative estimate of drug-likeness (QED) is 0.215. The number of benzene rings is 3. The highest BCUT2D eigenvalue weighted by atomic mass is 32.2. The second kappa shape index (κ2) is 15.3. The Bertz CT molecular complexity index is 1810. The molecule has 15 heteroatoms. The Kier molecular flexibility index (Phi) is 10.9. The fraction of sp³-hybridized carbons (Fsp3) is 0.400. The van der Waals surface area contributed by atoms with Gasteiger partial charge in [0.05, 0.1) is 18.8 Å². The largest absolute Gasteiger partial charge is 0.471 e. The van der Waals surface area contributed by atoms with Crippen molar-refractivity contribution in [3.8, 4) is 11.1 Å². The molecule has 2 fully saturated rings. The number of hydrogen-bond acceptors (Lipinski definition) is 9. The van der Waals surface area contributed by atoms with Gasteiger partial charge in [-0.15, -0.1) is 5.10 Å². The molecule has 0 bridgehead atoms. The minimum atomic E-state index is -5.03. The molecule has 2 N–H and O–H groups in total. The van der Waals surface area contributed by atoms with Gasteiger partial charge < -0.3 is 24.8 Å². The summed E-state index contributed by atoms with van der Waals surface area (Å²) < 4.78 is 54.0. The highest BCUT2D eigenvalue weighted by Crippen LogP contribution is 2.43. The number of carbonyl (C=O) groups is 2. The number of thioether (sulfide) groups is 1. The smallest absolute Gasteiger partial charge is 0.392 e. The summed E-state index contributed by atoms with van der Waals surface area (Å²) in [6, 6.07) is 21.8. The molecular weight excluding hydrogens is 673 g/mol. The minimum absolute atomic E-state index is 0.0297. The van der Waals surface area contributed by atoms with Crippen LogP contribution in [-0.4, -0.2) is 72.6 Å². The molecule has 1 aromatic heterocycles. The maximum atomic E-state index is 13.0. The highest BCUT2D eigenvalue weighted by Gasteiger charge is 2.47. The van der Waals surface area contributed by atoms with Crippen molar-refractivity contribution >= 4 is 23.6 Å². The van der Waals surface area contributed by atoms with Crippen LogP contribution >= 0.6 is 11.8 Å². The van der Waals surface area contributed by atoms with E-state index in [9.17, 15) is 27.9 Å². The van der Waals surface area contributed by atoms with E-state index in [2.05, 4.69) is 27.8 Å². The van der Waals surface area contributed by atoms with E-state index in [-0.39, 0.29) is 44.2 Å². The number of likely N-dealkylation sites (tertiary alicyclic amines) is 1. The molecular formula is C35H37F3N6O5S. The van der Waals surface area contributed by atoms with Gasteiger partial charge in [-0.05, 0) is 63.2 Å². The first-order chi connectivity index (χ1) is 24.0. The first-order valence-electron chi connectivity index (χ1n) is 16.2. The van der Waals surface area contributed by atoms with Gasteiger partial charge in [-0.25, -0.2) is 4.68 Å². The zero-order valence-corrected chi connectivity index (χ0v) is 28.2. The topological polar surface area (TPSA) is 132 Å². The molecule has 0 unspecified atom stereocenters. The lowest BCUT2D eigenvalue weighted by atomic mass is 9.91. The summed E-state index contributed by atoms with van der Waals surface area (Å²) in [5.74, 6) is -2.05. The number of alkyl halides is 3. The number of tetrazole rings is 1. The van der Waals surface area contributed by atoms with Crippen LogP contribution in [0.25, 0.3) is 11.1 Å². The van der Waals surface area contributed by atoms with Crippen LogP contribution in [0.3, 0.4) is 0 Å². The van der Waals surface area contributed by atoms with Crippen LogP contribution < -0.4 is 5.32 Å². The first-order valence-corrected chi connectivity index (χ1v) is 17.2. The van der Waals surface area contributed by atoms with Crippen molar-refractivity contribution in [3.05, 3.63) is 95.1 Å². The second-order valence-corrected chi connectivity index (χ2v) is 13.4. The van der Waals surface area contributed by atoms with Gasteiger partial charge in [-0.1, -0.05) is 79.3 Å². The third-order valence-corrected chi connectivity index (χ3v) is 10.1. The average molecular weight is 711 g/mol. The molecule has 0 spiro atoms. The fourth-order valence-corrected chi connectivity index (χ4v) is 7.30. The molecule has 264 valence electrons. The Balaban J connectivity index is 1.18. The number of rotatable bonds is 10. The van der Waals surface area contributed by atoms with Gasteiger partial charge in [0.25, 0.3) is 0 Å². The van der Waals surface area contributed by atoms with Crippen LogP contribution in [0, 0.1) is 5.92 Å². The summed E-state index contributed by atoms with van der Waals surface area (Å²) in [5, 5.41) is 24.7. The van der Waals surface area contributed by atoms with Crippen LogP contribution in [0.1, 0.15) is 54.4 Å². The second-order valence-electron chi connectivity index (χ2n) is 12.4. The molecule has 2 aliphatic heterocycles. The van der Waals surface area contributed by atoms with Crippen LogP contribution in [0.4, 0.5) is 13.2 Å². The molecule has 3 aromatic carbocycles. The van der Waals surface area contributed by atoms with E-state index in [1.807, 2.05) is 72.8 Å². The predicted octanol–water partition coefficient (Wildman–Crippen LogP) is 5.12. The van der Waals surface area contributed by atoms with Crippen molar-refractivity contribution in [3.63, 3.8) is 0 Å². The summed E-state index contributed by atoms with van der Waals surface area (Å²) in [7, 11) is 1.78. The average Bonchev–Trinajstić information content (AvgIpc) is 3.79. The number of ether oxygens (including phenoxy) is 2. The number of nitrogens with zero attached hydrogens (tertiary/aromatic N) is 5. The maximum absolute atomic E-state index is 13.0. The molecule has 11 nitrogen and oxygen atoms in total. The number of hydrogen-bond donors (Lipinski definition) is 2. The van der Waals surface area contributed by atoms with Crippen molar-refractivity contribution < 1.29 is 37.3 Å². The molecule has 50 heavy (non-hydrogen) atoms. The Morgan fingerprint density at radius 1 is 1.00 bits per heavy atom. The summed E-state index contributed by atoms with van der Waals surface area (Å²) >= 11 is 1.50. The third-order valence-electron chi connectivity index (χ3n) is 9.03. The van der Waals surface area contributed by atoms with Crippen molar-refractivity contribution in [1.29, 1.82) is 0 Å². The van der Waals surface area contributed by atoms with Gasteiger partial charge in [0.2, 0.25) is 11.1 Å². The van der Waals surface area contributed by atoms with E-state index in [4.69, 9.17) is 9.47 Å². The Hall–Kier alpha value is -4.31. The molecule has 0 radical (unpaired) electrons. The van der Waals surface area contributed by atoms with Gasteiger partial charge in [0.1, 0.15) is 6.04 Å². The number of carbonyl (C=O) groups excluding carboxylic acids is 2. The van der Waals surface area contributed by atoms with Crippen molar-refractivity contribution in [2.45, 2.75) is 68.8 Å². The molecule has 2 amide bonds. The molecule has 0 aliphatic carbocycles. The monoisotopic (exact) mass is 710 g/mol. The normalized spacial score (nSPS) is 22.4. The van der Waals surface area contributed by atoms with Crippen molar-refractivity contribution in [1.82, 2.24) is 30.4 Å². The molecule has 0 saturated carbocycles. The van der Waals surface area contributed by atoms with Gasteiger partial charge in [0, 0.05) is 37.4 Å². The molecule has 2 aliphatic rings. The third kappa shape index (κ3) is 8.01. The van der Waals surface area contributed by atoms with E-state index in [1.165, 1.54) is 11.8 Å². The number of amides is 2. The fourth-order valence-electron chi connectivity index (χ4n) is 6.29. The van der Waals surface area contributed by atoms with Gasteiger partial charge in [-0.3, -0.25) is 9.59 Å². The summed E-state index contributed by atoms with van der Waals surface area (Å²) in [6.07, 6.45) is -5.75. The highest BCUT2D eigenvalue weighted by molar-refractivity contribution is 7.99. The van der Waals surface area contributed by atoms with Gasteiger partial charge in [0.15, 0.2) is 6.29 Å². The van der Waals surface area contributed by atoms with Crippen LogP contribution in [0.2, 0.25) is 0 Å². The predicted molar refractivity (Wildman–Crippen MR) is 177 cm³/mol. The molecule has 5 atom stereocenters. The summed E-state index contributed by atoms with van der Waals surface area (Å²) in [4.78, 5) is 25.3. The number of aliphatic hydroxyl groups excluding tert-OH is 1. The molecule has 6 rings (SSSR count). The summed E-state index contributed by atoms with van der Waals surface area (Å²) in [5.41, 5.74) is 5.05. The number of aromatic nitrogens is 4. The van der Waals surface area contributed by atoms with Crippen LogP contribution in [-0.2, 0) is 39.3 Å². The van der Waals surface area contributed by atoms with Gasteiger partial charge in [-0.2, -0.15) is 13.2 Å². The first kappa shape index (κ1) is 35.5. The van der Waals surface area contributed by atoms with E-state index in [0.29, 0.717) is 22.2 Å². The van der Waals surface area contributed by atoms with E-state index >= 15 is 0 Å². The number of nitrogens with one attached hydrogen (secondary N) is 1. The number of halogens is 3. The molecule has 3 heterocycles. The minimum Gasteiger partial charge on any atom is -0.392 e. The lowest BCUT2D eigenvalue weighted by Gasteiger charge is -2.41. The van der Waals surface area contributed by atoms with E-state index in [1.54, 1.807) is 11.7 Å². The standard InChI is InChI=1S/C35H37F3N6O5S/c1-21-29(20-50-34-40-41-42-43(34)2)48-32(49-30(21)24-13-11-22(19-45)12-14-24)27-9-4-8-26(17-27)25-7-3-6-23(16-25)18-39-31(46)28-10-5-15-44(28)33(47)35(36,37)38/h3-4,6-9,11-14,16-17,21,28-30,32,45H,5,10,15,18-20H2,1-2H3,(H,39,46)/t21-,28-,29+,30+,32+/m0/s1. The number of aliphatic hydroxyl groups is 1. The maximum Gasteiger partial charge on any atom is 0.471 e. The van der Waals surface area contributed by atoms with Crippen LogP contribution in [0.5, 0.6) is 0 Å². The Labute approximate surface area is 291 Å². The lowest BCUT2D eigenvalue weighted by Crippen LogP contribution is -2.50. The van der Waals surface area contributed by atoms with Crippen LogP contribution in [0.15, 0.2) is 78.0 Å². The lowest BCUT2D eigenvalue weighted by molar-refractivity contribution is -0.268. The van der Waals surface area contributed by atoms with Gasteiger partial charge >= 0.3 is 12.1 Å².